The fourth-order valence-electron chi connectivity index (χ4n) is 0.910. The Morgan fingerprint density at radius 1 is 1.20 bits per heavy atom. The Balaban J connectivity index is 3.69. The first kappa shape index (κ1) is 9.92. The summed E-state index contributed by atoms with van der Waals surface area (Å²) in [5.74, 6) is 0.303. The molecule has 0 spiro atoms. The van der Waals surface area contributed by atoms with Crippen LogP contribution in [0.15, 0.2) is 0 Å². The zero-order chi connectivity index (χ0) is 8.15. The summed E-state index contributed by atoms with van der Waals surface area (Å²) in [6, 6.07) is 0. The Morgan fingerprint density at radius 3 is 2.00 bits per heavy atom. The summed E-state index contributed by atoms with van der Waals surface area (Å²) < 4.78 is 0. The highest BCUT2D eigenvalue weighted by Gasteiger charge is 2.18. The second-order valence-corrected chi connectivity index (χ2v) is 3.04. The summed E-state index contributed by atoms with van der Waals surface area (Å²) in [6.07, 6.45) is 0.612. The first-order chi connectivity index (χ1) is 4.63. The molecule has 0 saturated heterocycles. The summed E-state index contributed by atoms with van der Waals surface area (Å²) >= 11 is 0. The van der Waals surface area contributed by atoms with Gasteiger partial charge in [-0.2, -0.15) is 0 Å². The van der Waals surface area contributed by atoms with Gasteiger partial charge in [0.15, 0.2) is 0 Å². The van der Waals surface area contributed by atoms with Crippen LogP contribution in [0.25, 0.3) is 0 Å². The molecule has 2 nitrogen and oxygen atoms in total. The molecule has 0 aliphatic rings. The zero-order valence-electron chi connectivity index (χ0n) is 7.04. The van der Waals surface area contributed by atoms with Crippen molar-refractivity contribution in [3.63, 3.8) is 0 Å². The number of hydrogen-bond donors (Lipinski definition) is 2. The van der Waals surface area contributed by atoms with E-state index in [2.05, 4.69) is 0 Å². The lowest BCUT2D eigenvalue weighted by Gasteiger charge is -2.21. The van der Waals surface area contributed by atoms with Crippen LogP contribution in [0.2, 0.25) is 0 Å². The van der Waals surface area contributed by atoms with E-state index >= 15 is 0 Å². The van der Waals surface area contributed by atoms with E-state index in [4.69, 9.17) is 5.11 Å². The molecule has 3 atom stereocenters. The van der Waals surface area contributed by atoms with Crippen molar-refractivity contribution in [2.75, 3.05) is 6.61 Å². The second kappa shape index (κ2) is 4.69. The van der Waals surface area contributed by atoms with Gasteiger partial charge in [0, 0.05) is 12.5 Å². The van der Waals surface area contributed by atoms with Crippen LogP contribution >= 0.6 is 0 Å². The topological polar surface area (TPSA) is 40.5 Å². The Kier molecular flexibility index (Phi) is 4.65. The first-order valence-electron chi connectivity index (χ1n) is 3.92. The maximum atomic E-state index is 9.43. The molecule has 0 bridgehead atoms. The molecule has 0 unspecified atom stereocenters. The van der Waals surface area contributed by atoms with Crippen molar-refractivity contribution in [2.45, 2.75) is 33.3 Å². The number of hydrogen-bond acceptors (Lipinski definition) is 2. The predicted molar refractivity (Wildman–Crippen MR) is 41.7 cm³/mol. The van der Waals surface area contributed by atoms with Crippen LogP contribution in [0.3, 0.4) is 0 Å². The van der Waals surface area contributed by atoms with Gasteiger partial charge in [-0.15, -0.1) is 0 Å². The standard InChI is InChI=1S/C8H18O2/c1-4-6(2)8(10)7(3)5-9/h6-10H,4-5H2,1-3H3/t6-,7-,8-/m1/s1. The highest BCUT2D eigenvalue weighted by Crippen LogP contribution is 2.14. The highest BCUT2D eigenvalue weighted by molar-refractivity contribution is 4.68. The average molecular weight is 146 g/mol. The summed E-state index contributed by atoms with van der Waals surface area (Å²) in [5.41, 5.74) is 0. The van der Waals surface area contributed by atoms with E-state index in [9.17, 15) is 5.11 Å². The van der Waals surface area contributed by atoms with Crippen molar-refractivity contribution in [1.29, 1.82) is 0 Å². The summed E-state index contributed by atoms with van der Waals surface area (Å²) in [5, 5.41) is 18.1. The SMILES string of the molecule is CC[C@@H](C)[C@@H](O)[C@H](C)CO. The fraction of sp³-hybridized carbons (Fsp3) is 1.00. The fourth-order valence-corrected chi connectivity index (χ4v) is 0.910. The molecule has 0 aliphatic carbocycles. The monoisotopic (exact) mass is 146 g/mol. The summed E-state index contributed by atoms with van der Waals surface area (Å²) in [7, 11) is 0. The Bertz CT molecular complexity index is 73.3. The van der Waals surface area contributed by atoms with Gasteiger partial charge >= 0.3 is 0 Å². The minimum absolute atomic E-state index is 0.00921. The zero-order valence-corrected chi connectivity index (χ0v) is 7.04. The van der Waals surface area contributed by atoms with Gasteiger partial charge in [0.25, 0.3) is 0 Å². The van der Waals surface area contributed by atoms with Crippen LogP contribution in [0.1, 0.15) is 27.2 Å². The molecule has 0 rings (SSSR count). The third kappa shape index (κ3) is 2.67. The van der Waals surface area contributed by atoms with Crippen LogP contribution in [0.5, 0.6) is 0 Å². The quantitative estimate of drug-likeness (QED) is 0.621. The maximum Gasteiger partial charge on any atom is 0.0613 e. The van der Waals surface area contributed by atoms with Crippen molar-refractivity contribution in [2.24, 2.45) is 11.8 Å². The van der Waals surface area contributed by atoms with Crippen LogP contribution < -0.4 is 0 Å². The largest absolute Gasteiger partial charge is 0.396 e. The normalized spacial score (nSPS) is 20.1. The van der Waals surface area contributed by atoms with Crippen molar-refractivity contribution < 1.29 is 10.2 Å². The molecule has 10 heavy (non-hydrogen) atoms. The number of aliphatic hydroxyl groups is 2. The lowest BCUT2D eigenvalue weighted by atomic mass is 9.92. The lowest BCUT2D eigenvalue weighted by Crippen LogP contribution is -2.27. The van der Waals surface area contributed by atoms with Gasteiger partial charge in [-0.3, -0.25) is 0 Å². The molecular formula is C8H18O2. The van der Waals surface area contributed by atoms with Crippen LogP contribution in [-0.2, 0) is 0 Å². The van der Waals surface area contributed by atoms with Crippen molar-refractivity contribution in [3.05, 3.63) is 0 Å². The van der Waals surface area contributed by atoms with Gasteiger partial charge in [0.05, 0.1) is 6.10 Å². The van der Waals surface area contributed by atoms with Gasteiger partial charge in [-0.25, -0.2) is 0 Å². The van der Waals surface area contributed by atoms with Crippen LogP contribution in [-0.4, -0.2) is 22.9 Å². The first-order valence-corrected chi connectivity index (χ1v) is 3.92. The van der Waals surface area contributed by atoms with Gasteiger partial charge < -0.3 is 10.2 Å². The molecule has 0 fully saturated rings. The summed E-state index contributed by atoms with van der Waals surface area (Å²) in [6.45, 7) is 5.97. The van der Waals surface area contributed by atoms with E-state index in [0.29, 0.717) is 5.92 Å². The van der Waals surface area contributed by atoms with Gasteiger partial charge in [0.1, 0.15) is 0 Å². The third-order valence-electron chi connectivity index (χ3n) is 2.10. The number of aliphatic hydroxyl groups excluding tert-OH is 2. The Hall–Kier alpha value is -0.0800. The minimum atomic E-state index is -0.352. The van der Waals surface area contributed by atoms with Gasteiger partial charge in [0.2, 0.25) is 0 Å². The van der Waals surface area contributed by atoms with Crippen molar-refractivity contribution >= 4 is 0 Å². The predicted octanol–water partition coefficient (Wildman–Crippen LogP) is 1.02. The molecule has 2 N–H and O–H groups in total. The van der Waals surface area contributed by atoms with E-state index < -0.39 is 0 Å². The van der Waals surface area contributed by atoms with E-state index in [0.717, 1.165) is 6.42 Å². The van der Waals surface area contributed by atoms with Gasteiger partial charge in [-0.1, -0.05) is 27.2 Å². The lowest BCUT2D eigenvalue weighted by molar-refractivity contribution is 0.0356. The van der Waals surface area contributed by atoms with Crippen molar-refractivity contribution in [1.82, 2.24) is 0 Å². The highest BCUT2D eigenvalue weighted by atomic mass is 16.3. The number of rotatable bonds is 4. The molecule has 62 valence electrons. The molecule has 0 radical (unpaired) electrons. The van der Waals surface area contributed by atoms with E-state index in [1.807, 2.05) is 20.8 Å². The molecule has 0 aliphatic heterocycles. The van der Waals surface area contributed by atoms with E-state index in [1.165, 1.54) is 0 Å². The average Bonchev–Trinajstić information content (AvgIpc) is 2.00. The molecule has 0 amide bonds. The molecule has 0 heterocycles. The molecule has 2 heteroatoms. The molecule has 0 aromatic rings. The Morgan fingerprint density at radius 2 is 1.70 bits per heavy atom. The second-order valence-electron chi connectivity index (χ2n) is 3.04. The Labute approximate surface area is 62.9 Å². The smallest absolute Gasteiger partial charge is 0.0613 e. The minimum Gasteiger partial charge on any atom is -0.396 e. The van der Waals surface area contributed by atoms with Crippen LogP contribution in [0.4, 0.5) is 0 Å². The van der Waals surface area contributed by atoms with Crippen LogP contribution in [0, 0.1) is 11.8 Å². The van der Waals surface area contributed by atoms with Crippen molar-refractivity contribution in [3.8, 4) is 0 Å². The van der Waals surface area contributed by atoms with Gasteiger partial charge in [-0.05, 0) is 5.92 Å². The maximum absolute atomic E-state index is 9.43. The third-order valence-corrected chi connectivity index (χ3v) is 2.10. The van der Waals surface area contributed by atoms with E-state index in [1.54, 1.807) is 0 Å². The molecule has 0 aromatic heterocycles. The molecule has 0 saturated carbocycles. The van der Waals surface area contributed by atoms with E-state index in [-0.39, 0.29) is 18.6 Å². The molecular weight excluding hydrogens is 128 g/mol. The molecule has 0 aromatic carbocycles. The summed E-state index contributed by atoms with van der Waals surface area (Å²) in [4.78, 5) is 0.